The standard InChI is InChI=1S/C21H18N6O2/c1-27-19(29)21(26-20(27)22,14-6-3-2-4-7-14)15-8-5-9-16(12-15)25-18(28)17-13-23-10-11-24-17/h2-13H,1H3,(H2,22,26)(H,25,28). The number of anilines is 1. The van der Waals surface area contributed by atoms with E-state index in [0.29, 0.717) is 16.8 Å². The molecule has 4 rings (SSSR count). The van der Waals surface area contributed by atoms with Crippen molar-refractivity contribution in [3.63, 3.8) is 0 Å². The minimum atomic E-state index is -1.25. The first-order valence-corrected chi connectivity index (χ1v) is 8.90. The molecule has 1 aliphatic rings. The van der Waals surface area contributed by atoms with Crippen LogP contribution < -0.4 is 10.6 Å². The van der Waals surface area contributed by atoms with E-state index < -0.39 is 11.4 Å². The highest BCUT2D eigenvalue weighted by molar-refractivity contribution is 6.10. The summed E-state index contributed by atoms with van der Waals surface area (Å²) in [7, 11) is 1.56. The molecule has 8 heteroatoms. The Morgan fingerprint density at radius 3 is 2.52 bits per heavy atom. The Bertz CT molecular complexity index is 1090. The number of nitrogens with one attached hydrogen (secondary N) is 3. The van der Waals surface area contributed by atoms with Crippen LogP contribution in [0.25, 0.3) is 0 Å². The second kappa shape index (κ2) is 7.16. The van der Waals surface area contributed by atoms with E-state index in [1.165, 1.54) is 23.5 Å². The van der Waals surface area contributed by atoms with Crippen LogP contribution in [-0.2, 0) is 10.3 Å². The highest BCUT2D eigenvalue weighted by Crippen LogP contribution is 2.36. The van der Waals surface area contributed by atoms with E-state index in [0.717, 1.165) is 0 Å². The van der Waals surface area contributed by atoms with Crippen LogP contribution >= 0.6 is 0 Å². The Labute approximate surface area is 167 Å². The number of carbonyl (C=O) groups excluding carboxylic acids is 2. The van der Waals surface area contributed by atoms with Gasteiger partial charge in [-0.15, -0.1) is 0 Å². The molecule has 0 spiro atoms. The number of hydrogen-bond donors (Lipinski definition) is 3. The number of hydrogen-bond acceptors (Lipinski definition) is 5. The van der Waals surface area contributed by atoms with Crippen molar-refractivity contribution in [2.45, 2.75) is 5.54 Å². The molecule has 1 aromatic heterocycles. The molecule has 29 heavy (non-hydrogen) atoms. The van der Waals surface area contributed by atoms with Gasteiger partial charge in [0, 0.05) is 25.1 Å². The van der Waals surface area contributed by atoms with Gasteiger partial charge >= 0.3 is 0 Å². The lowest BCUT2D eigenvalue weighted by atomic mass is 9.82. The molecule has 2 heterocycles. The van der Waals surface area contributed by atoms with Crippen molar-refractivity contribution in [2.24, 2.45) is 0 Å². The molecule has 0 saturated carbocycles. The van der Waals surface area contributed by atoms with Crippen LogP contribution in [0.1, 0.15) is 21.6 Å². The smallest absolute Gasteiger partial charge is 0.275 e. The van der Waals surface area contributed by atoms with E-state index in [2.05, 4.69) is 20.6 Å². The summed E-state index contributed by atoms with van der Waals surface area (Å²) in [6.07, 6.45) is 4.31. The first kappa shape index (κ1) is 18.3. The van der Waals surface area contributed by atoms with E-state index in [1.807, 2.05) is 30.3 Å². The molecule has 1 unspecified atom stereocenters. The molecule has 1 saturated heterocycles. The van der Waals surface area contributed by atoms with Gasteiger partial charge in [-0.2, -0.15) is 0 Å². The van der Waals surface area contributed by atoms with Crippen molar-refractivity contribution in [1.29, 1.82) is 5.41 Å². The summed E-state index contributed by atoms with van der Waals surface area (Å²) in [6.45, 7) is 0. The number of carbonyl (C=O) groups is 2. The summed E-state index contributed by atoms with van der Waals surface area (Å²) in [6, 6.07) is 16.2. The molecule has 0 bridgehead atoms. The Hall–Kier alpha value is -4.07. The minimum Gasteiger partial charge on any atom is -0.334 e. The zero-order valence-electron chi connectivity index (χ0n) is 15.6. The number of amides is 2. The van der Waals surface area contributed by atoms with Crippen molar-refractivity contribution >= 4 is 23.5 Å². The molecular formula is C21H18N6O2. The largest absolute Gasteiger partial charge is 0.334 e. The topological polar surface area (TPSA) is 111 Å². The summed E-state index contributed by atoms with van der Waals surface area (Å²) in [4.78, 5) is 34.8. The lowest BCUT2D eigenvalue weighted by Crippen LogP contribution is -2.45. The highest BCUT2D eigenvalue weighted by Gasteiger charge is 2.51. The van der Waals surface area contributed by atoms with Gasteiger partial charge in [-0.25, -0.2) is 4.98 Å². The molecular weight excluding hydrogens is 368 g/mol. The molecule has 2 amide bonds. The average Bonchev–Trinajstić information content (AvgIpc) is 3.00. The van der Waals surface area contributed by atoms with Gasteiger partial charge in [-0.1, -0.05) is 42.5 Å². The van der Waals surface area contributed by atoms with Gasteiger partial charge in [0.1, 0.15) is 5.69 Å². The lowest BCUT2D eigenvalue weighted by molar-refractivity contribution is -0.129. The lowest BCUT2D eigenvalue weighted by Gasteiger charge is -2.28. The molecule has 1 fully saturated rings. The van der Waals surface area contributed by atoms with Gasteiger partial charge in [0.05, 0.1) is 6.20 Å². The van der Waals surface area contributed by atoms with Crippen LogP contribution in [0.4, 0.5) is 5.69 Å². The van der Waals surface area contributed by atoms with Gasteiger partial charge in [-0.3, -0.25) is 24.9 Å². The third kappa shape index (κ3) is 3.10. The fourth-order valence-corrected chi connectivity index (χ4v) is 3.36. The normalized spacial score (nSPS) is 18.4. The molecule has 0 radical (unpaired) electrons. The van der Waals surface area contributed by atoms with Gasteiger partial charge in [0.25, 0.3) is 11.8 Å². The molecule has 8 nitrogen and oxygen atoms in total. The maximum Gasteiger partial charge on any atom is 0.275 e. The molecule has 1 aliphatic heterocycles. The maximum atomic E-state index is 13.2. The quantitative estimate of drug-likeness (QED) is 0.635. The van der Waals surface area contributed by atoms with E-state index >= 15 is 0 Å². The summed E-state index contributed by atoms with van der Waals surface area (Å²) in [5, 5.41) is 13.9. The summed E-state index contributed by atoms with van der Waals surface area (Å²) in [5.41, 5.74) is 0.757. The Morgan fingerprint density at radius 2 is 1.86 bits per heavy atom. The first-order chi connectivity index (χ1) is 14.0. The van der Waals surface area contributed by atoms with Gasteiger partial charge in [0.2, 0.25) is 0 Å². The molecule has 144 valence electrons. The predicted octanol–water partition coefficient (Wildman–Crippen LogP) is 1.97. The number of rotatable bonds is 4. The summed E-state index contributed by atoms with van der Waals surface area (Å²) >= 11 is 0. The molecule has 3 aromatic rings. The number of benzene rings is 2. The van der Waals surface area contributed by atoms with Gasteiger partial charge in [0.15, 0.2) is 11.5 Å². The predicted molar refractivity (Wildman–Crippen MR) is 107 cm³/mol. The van der Waals surface area contributed by atoms with E-state index in [9.17, 15) is 9.59 Å². The Balaban J connectivity index is 1.76. The molecule has 3 N–H and O–H groups in total. The van der Waals surface area contributed by atoms with Crippen LogP contribution in [0.3, 0.4) is 0 Å². The molecule has 0 aliphatic carbocycles. The minimum absolute atomic E-state index is 0.00727. The Morgan fingerprint density at radius 1 is 1.10 bits per heavy atom. The number of guanidine groups is 1. The monoisotopic (exact) mass is 386 g/mol. The SMILES string of the molecule is CN1C(=N)NC(c2ccccc2)(c2cccc(NC(=O)c3cnccn3)c2)C1=O. The molecule has 1 atom stereocenters. The summed E-state index contributed by atoms with van der Waals surface area (Å²) < 4.78 is 0. The number of nitrogens with zero attached hydrogens (tertiary/aromatic N) is 3. The second-order valence-corrected chi connectivity index (χ2v) is 6.58. The van der Waals surface area contributed by atoms with Crippen LogP contribution in [0.15, 0.2) is 73.2 Å². The van der Waals surface area contributed by atoms with Crippen molar-refractivity contribution in [3.05, 3.63) is 90.0 Å². The second-order valence-electron chi connectivity index (χ2n) is 6.58. The van der Waals surface area contributed by atoms with Crippen LogP contribution in [0, 0.1) is 5.41 Å². The van der Waals surface area contributed by atoms with Crippen molar-refractivity contribution in [2.75, 3.05) is 12.4 Å². The average molecular weight is 386 g/mol. The van der Waals surface area contributed by atoms with E-state index in [-0.39, 0.29) is 17.6 Å². The van der Waals surface area contributed by atoms with Crippen LogP contribution in [0.2, 0.25) is 0 Å². The van der Waals surface area contributed by atoms with Crippen molar-refractivity contribution in [3.8, 4) is 0 Å². The van der Waals surface area contributed by atoms with Crippen LogP contribution in [0.5, 0.6) is 0 Å². The third-order valence-electron chi connectivity index (χ3n) is 4.82. The fraction of sp³-hybridized carbons (Fsp3) is 0.0952. The van der Waals surface area contributed by atoms with E-state index in [1.54, 1.807) is 31.3 Å². The zero-order chi connectivity index (χ0) is 20.4. The first-order valence-electron chi connectivity index (χ1n) is 8.90. The third-order valence-corrected chi connectivity index (χ3v) is 4.82. The van der Waals surface area contributed by atoms with Crippen molar-refractivity contribution in [1.82, 2.24) is 20.2 Å². The highest BCUT2D eigenvalue weighted by atomic mass is 16.2. The Kier molecular flexibility index (Phi) is 4.52. The molecule has 2 aromatic carbocycles. The van der Waals surface area contributed by atoms with Gasteiger partial charge in [-0.05, 0) is 23.3 Å². The van der Waals surface area contributed by atoms with Crippen molar-refractivity contribution < 1.29 is 9.59 Å². The summed E-state index contributed by atoms with van der Waals surface area (Å²) in [5.74, 6) is -0.668. The zero-order valence-corrected chi connectivity index (χ0v) is 15.6. The van der Waals surface area contributed by atoms with E-state index in [4.69, 9.17) is 5.41 Å². The van der Waals surface area contributed by atoms with Gasteiger partial charge < -0.3 is 10.6 Å². The number of likely N-dealkylation sites (N-methyl/N-ethyl adjacent to an activating group) is 1. The number of aromatic nitrogens is 2. The maximum absolute atomic E-state index is 13.2. The van der Waals surface area contributed by atoms with Crippen LogP contribution in [-0.4, -0.2) is 39.7 Å². The fourth-order valence-electron chi connectivity index (χ4n) is 3.36.